The van der Waals surface area contributed by atoms with E-state index in [-0.39, 0.29) is 11.5 Å². The van der Waals surface area contributed by atoms with Crippen LogP contribution in [0.5, 0.6) is 0 Å². The number of nitrogens with one attached hydrogen (secondary N) is 2. The van der Waals surface area contributed by atoms with E-state index in [1.165, 1.54) is 16.7 Å². The van der Waals surface area contributed by atoms with Crippen LogP contribution in [0.2, 0.25) is 0 Å². The van der Waals surface area contributed by atoms with Crippen LogP contribution in [0.4, 0.5) is 0 Å². The summed E-state index contributed by atoms with van der Waals surface area (Å²) in [5, 5.41) is 7.28. The van der Waals surface area contributed by atoms with Crippen molar-refractivity contribution in [3.8, 4) is 0 Å². The molecule has 2 nitrogen and oxygen atoms in total. The fourth-order valence-corrected chi connectivity index (χ4v) is 2.63. The summed E-state index contributed by atoms with van der Waals surface area (Å²) < 4.78 is 0. The summed E-state index contributed by atoms with van der Waals surface area (Å²) in [6.07, 6.45) is 0. The minimum atomic E-state index is 0.180. The van der Waals surface area contributed by atoms with Gasteiger partial charge in [0.1, 0.15) is 0 Å². The zero-order valence-electron chi connectivity index (χ0n) is 14.4. The monoisotopic (exact) mass is 326 g/mol. The van der Waals surface area contributed by atoms with Gasteiger partial charge in [0.05, 0.1) is 6.04 Å². The van der Waals surface area contributed by atoms with Crippen LogP contribution in [0, 0.1) is 0 Å². The van der Waals surface area contributed by atoms with Gasteiger partial charge in [-0.3, -0.25) is 0 Å². The molecule has 2 aromatic rings. The third-order valence-corrected chi connectivity index (χ3v) is 4.18. The molecule has 122 valence electrons. The van der Waals surface area contributed by atoms with Gasteiger partial charge in [0.2, 0.25) is 0 Å². The van der Waals surface area contributed by atoms with Gasteiger partial charge in [-0.2, -0.15) is 0 Å². The van der Waals surface area contributed by atoms with E-state index in [1.54, 1.807) is 0 Å². The van der Waals surface area contributed by atoms with Crippen molar-refractivity contribution in [2.75, 3.05) is 0 Å². The average molecular weight is 327 g/mol. The van der Waals surface area contributed by atoms with Gasteiger partial charge in [-0.25, -0.2) is 0 Å². The second kappa shape index (κ2) is 7.60. The third-order valence-electron chi connectivity index (χ3n) is 3.92. The van der Waals surface area contributed by atoms with Crippen LogP contribution < -0.4 is 10.6 Å². The molecule has 1 unspecified atom stereocenters. The molecule has 1 atom stereocenters. The zero-order valence-corrected chi connectivity index (χ0v) is 15.2. The second-order valence-corrected chi connectivity index (χ2v) is 7.31. The molecule has 0 spiro atoms. The lowest BCUT2D eigenvalue weighted by molar-refractivity contribution is 0.589. The summed E-state index contributed by atoms with van der Waals surface area (Å²) in [5.41, 5.74) is 3.99. The summed E-state index contributed by atoms with van der Waals surface area (Å²) in [7, 11) is 0. The van der Waals surface area contributed by atoms with Crippen LogP contribution in [0.15, 0.2) is 54.6 Å². The highest BCUT2D eigenvalue weighted by atomic mass is 32.1. The Morgan fingerprint density at radius 3 is 2.17 bits per heavy atom. The summed E-state index contributed by atoms with van der Waals surface area (Å²) in [5.74, 6) is 0. The lowest BCUT2D eigenvalue weighted by Gasteiger charge is -2.21. The molecule has 0 aliphatic rings. The Labute approximate surface area is 145 Å². The predicted octanol–water partition coefficient (Wildman–Crippen LogP) is 4.71. The normalized spacial score (nSPS) is 12.5. The van der Waals surface area contributed by atoms with Crippen LogP contribution in [-0.2, 0) is 12.0 Å². The number of benzene rings is 2. The number of rotatable bonds is 4. The molecule has 0 aliphatic heterocycles. The van der Waals surface area contributed by atoms with E-state index < -0.39 is 0 Å². The van der Waals surface area contributed by atoms with E-state index in [2.05, 4.69) is 74.7 Å². The van der Waals surface area contributed by atoms with Gasteiger partial charge in [-0.15, -0.1) is 0 Å². The molecule has 0 aliphatic carbocycles. The highest BCUT2D eigenvalue weighted by Crippen LogP contribution is 2.23. The number of thiocarbonyl (C=S) groups is 1. The summed E-state index contributed by atoms with van der Waals surface area (Å²) in [6, 6.07) is 19.2. The van der Waals surface area contributed by atoms with Gasteiger partial charge in [-0.1, -0.05) is 75.4 Å². The Balaban J connectivity index is 1.88. The van der Waals surface area contributed by atoms with E-state index in [1.807, 2.05) is 18.2 Å². The SMILES string of the molecule is CC(NC(=S)NCc1ccccc1)c1ccc(C(C)(C)C)cc1. The Morgan fingerprint density at radius 2 is 1.61 bits per heavy atom. The van der Waals surface area contributed by atoms with Crippen LogP contribution in [0.25, 0.3) is 0 Å². The Morgan fingerprint density at radius 1 is 1.00 bits per heavy atom. The molecule has 23 heavy (non-hydrogen) atoms. The first-order chi connectivity index (χ1) is 10.9. The van der Waals surface area contributed by atoms with Crippen LogP contribution in [0.1, 0.15) is 50.4 Å². The molecular formula is C20H26N2S. The molecular weight excluding hydrogens is 300 g/mol. The van der Waals surface area contributed by atoms with Crippen molar-refractivity contribution in [2.24, 2.45) is 0 Å². The molecule has 2 rings (SSSR count). The van der Waals surface area contributed by atoms with Crippen molar-refractivity contribution in [1.29, 1.82) is 0 Å². The first kappa shape index (κ1) is 17.5. The fourth-order valence-electron chi connectivity index (χ4n) is 2.38. The van der Waals surface area contributed by atoms with Gasteiger partial charge in [0.25, 0.3) is 0 Å². The van der Waals surface area contributed by atoms with E-state index >= 15 is 0 Å². The van der Waals surface area contributed by atoms with Crippen molar-refractivity contribution in [3.63, 3.8) is 0 Å². The smallest absolute Gasteiger partial charge is 0.167 e. The fraction of sp³-hybridized carbons (Fsp3) is 0.350. The van der Waals surface area contributed by atoms with Crippen LogP contribution in [-0.4, -0.2) is 5.11 Å². The summed E-state index contributed by atoms with van der Waals surface area (Å²) >= 11 is 5.39. The number of hydrogen-bond donors (Lipinski definition) is 2. The molecule has 3 heteroatoms. The molecule has 0 radical (unpaired) electrons. The average Bonchev–Trinajstić information content (AvgIpc) is 2.53. The lowest BCUT2D eigenvalue weighted by atomic mass is 9.86. The van der Waals surface area contributed by atoms with Crippen molar-refractivity contribution in [2.45, 2.75) is 45.7 Å². The molecule has 0 saturated carbocycles. The zero-order chi connectivity index (χ0) is 16.9. The maximum absolute atomic E-state index is 5.39. The molecule has 0 bridgehead atoms. The first-order valence-corrected chi connectivity index (χ1v) is 8.46. The van der Waals surface area contributed by atoms with Crippen LogP contribution >= 0.6 is 12.2 Å². The third kappa shape index (κ3) is 5.36. The first-order valence-electron chi connectivity index (χ1n) is 8.05. The molecule has 0 heterocycles. The molecule has 0 fully saturated rings. The minimum Gasteiger partial charge on any atom is -0.359 e. The topological polar surface area (TPSA) is 24.1 Å². The quantitative estimate of drug-likeness (QED) is 0.796. The molecule has 0 saturated heterocycles. The Hall–Kier alpha value is -1.87. The van der Waals surface area contributed by atoms with Crippen molar-refractivity contribution >= 4 is 17.3 Å². The molecule has 0 amide bonds. The van der Waals surface area contributed by atoms with Gasteiger partial charge in [0.15, 0.2) is 5.11 Å². The van der Waals surface area contributed by atoms with Gasteiger partial charge < -0.3 is 10.6 Å². The van der Waals surface area contributed by atoms with Crippen molar-refractivity contribution in [1.82, 2.24) is 10.6 Å². The van der Waals surface area contributed by atoms with E-state index in [0.717, 1.165) is 6.54 Å². The van der Waals surface area contributed by atoms with Gasteiger partial charge in [-0.05, 0) is 41.2 Å². The molecule has 2 N–H and O–H groups in total. The standard InChI is InChI=1S/C20H26N2S/c1-15(17-10-12-18(13-11-17)20(2,3)4)22-19(23)21-14-16-8-6-5-7-9-16/h5-13,15H,14H2,1-4H3,(H2,21,22,23). The summed E-state index contributed by atoms with van der Waals surface area (Å²) in [4.78, 5) is 0. The predicted molar refractivity (Wildman–Crippen MR) is 103 cm³/mol. The van der Waals surface area contributed by atoms with Crippen molar-refractivity contribution in [3.05, 3.63) is 71.3 Å². The van der Waals surface area contributed by atoms with E-state index in [9.17, 15) is 0 Å². The molecule has 0 aromatic heterocycles. The summed E-state index contributed by atoms with van der Waals surface area (Å²) in [6.45, 7) is 9.55. The van der Waals surface area contributed by atoms with Crippen molar-refractivity contribution < 1.29 is 0 Å². The Kier molecular flexibility index (Phi) is 5.78. The number of hydrogen-bond acceptors (Lipinski definition) is 1. The highest BCUT2D eigenvalue weighted by molar-refractivity contribution is 7.80. The largest absolute Gasteiger partial charge is 0.359 e. The van der Waals surface area contributed by atoms with Crippen LogP contribution in [0.3, 0.4) is 0 Å². The minimum absolute atomic E-state index is 0.180. The van der Waals surface area contributed by atoms with Gasteiger partial charge >= 0.3 is 0 Å². The Bertz CT molecular complexity index is 627. The maximum atomic E-state index is 5.39. The lowest BCUT2D eigenvalue weighted by Crippen LogP contribution is -2.36. The maximum Gasteiger partial charge on any atom is 0.167 e. The van der Waals surface area contributed by atoms with Gasteiger partial charge in [0, 0.05) is 6.54 Å². The highest BCUT2D eigenvalue weighted by Gasteiger charge is 2.14. The van der Waals surface area contributed by atoms with E-state index in [0.29, 0.717) is 5.11 Å². The second-order valence-electron chi connectivity index (χ2n) is 6.91. The molecule has 2 aromatic carbocycles. The van der Waals surface area contributed by atoms with E-state index in [4.69, 9.17) is 12.2 Å².